The fourth-order valence-electron chi connectivity index (χ4n) is 3.20. The summed E-state index contributed by atoms with van der Waals surface area (Å²) in [7, 11) is -1.28. The van der Waals surface area contributed by atoms with Gasteiger partial charge in [0.05, 0.1) is 34.8 Å². The Morgan fingerprint density at radius 2 is 1.78 bits per heavy atom. The molecule has 1 saturated heterocycles. The van der Waals surface area contributed by atoms with E-state index in [2.05, 4.69) is 10.0 Å². The summed E-state index contributed by atoms with van der Waals surface area (Å²) in [6.45, 7) is 5.62. The molecule has 1 aliphatic heterocycles. The minimum Gasteiger partial charge on any atom is -0.346 e. The maximum Gasteiger partial charge on any atom is 0.164 e. The highest BCUT2D eigenvalue weighted by Gasteiger charge is 2.44. The Labute approximate surface area is 161 Å². The van der Waals surface area contributed by atoms with Gasteiger partial charge in [0.25, 0.3) is 0 Å². The maximum absolute atomic E-state index is 12.9. The van der Waals surface area contributed by atoms with Gasteiger partial charge >= 0.3 is 0 Å². The van der Waals surface area contributed by atoms with E-state index in [9.17, 15) is 4.21 Å². The van der Waals surface area contributed by atoms with Gasteiger partial charge in [-0.1, -0.05) is 53.1 Å². The number of hydrogen-bond donors (Lipinski definition) is 0. The molecular formula is C20H23N3O3S. The van der Waals surface area contributed by atoms with Gasteiger partial charge in [-0.2, -0.15) is 0 Å². The van der Waals surface area contributed by atoms with E-state index in [-0.39, 0.29) is 5.75 Å². The molecule has 0 amide bonds. The van der Waals surface area contributed by atoms with Crippen molar-refractivity contribution in [3.63, 3.8) is 0 Å². The van der Waals surface area contributed by atoms with Crippen LogP contribution in [0.5, 0.6) is 0 Å². The molecule has 7 heteroatoms. The second-order valence-corrected chi connectivity index (χ2v) is 8.52. The molecular weight excluding hydrogens is 362 g/mol. The molecule has 1 fully saturated rings. The van der Waals surface area contributed by atoms with Crippen LogP contribution in [0.25, 0.3) is 10.4 Å². The molecule has 0 radical (unpaired) electrons. The van der Waals surface area contributed by atoms with Crippen molar-refractivity contribution in [2.45, 2.75) is 49.7 Å². The molecule has 1 aliphatic rings. The summed E-state index contributed by atoms with van der Waals surface area (Å²) in [6.07, 6.45) is -0.997. The first-order valence-corrected chi connectivity index (χ1v) is 10.1. The van der Waals surface area contributed by atoms with Crippen molar-refractivity contribution in [2.75, 3.05) is 5.75 Å². The van der Waals surface area contributed by atoms with Crippen molar-refractivity contribution in [1.29, 1.82) is 0 Å². The van der Waals surface area contributed by atoms with Gasteiger partial charge in [-0.05, 0) is 44.0 Å². The van der Waals surface area contributed by atoms with E-state index in [0.29, 0.717) is 0 Å². The Balaban J connectivity index is 1.90. The van der Waals surface area contributed by atoms with Crippen LogP contribution in [0.3, 0.4) is 0 Å². The van der Waals surface area contributed by atoms with Crippen molar-refractivity contribution < 1.29 is 13.7 Å². The highest BCUT2D eigenvalue weighted by atomic mass is 32.2. The molecule has 1 heterocycles. The van der Waals surface area contributed by atoms with Crippen LogP contribution >= 0.6 is 0 Å². The molecule has 2 aromatic carbocycles. The standard InChI is InChI=1S/C20H23N3O3S/c1-14-9-11-16(12-10-14)27(24)13-17-18(22-23-21)19(26-20(2,3)25-17)15-7-5-4-6-8-15/h4-12,17-19H,13H2,1-3H3/t17-,18+,19+,27?/m0/s1. The zero-order chi connectivity index (χ0) is 19.4. The number of azide groups is 1. The lowest BCUT2D eigenvalue weighted by molar-refractivity contribution is -0.304. The predicted molar refractivity (Wildman–Crippen MR) is 105 cm³/mol. The minimum absolute atomic E-state index is 0.225. The molecule has 27 heavy (non-hydrogen) atoms. The van der Waals surface area contributed by atoms with Crippen LogP contribution in [0, 0.1) is 6.92 Å². The number of benzene rings is 2. The fourth-order valence-corrected chi connectivity index (χ4v) is 4.40. The normalized spacial score (nSPS) is 25.4. The first kappa shape index (κ1) is 19.6. The Hall–Kier alpha value is -2.18. The third-order valence-corrected chi connectivity index (χ3v) is 5.88. The largest absolute Gasteiger partial charge is 0.346 e. The Morgan fingerprint density at radius 1 is 1.11 bits per heavy atom. The summed E-state index contributed by atoms with van der Waals surface area (Å²) in [5, 5.41) is 3.95. The smallest absolute Gasteiger partial charge is 0.164 e. The highest BCUT2D eigenvalue weighted by Crippen LogP contribution is 2.38. The van der Waals surface area contributed by atoms with Gasteiger partial charge in [-0.3, -0.25) is 4.21 Å². The average Bonchev–Trinajstić information content (AvgIpc) is 2.64. The van der Waals surface area contributed by atoms with Crippen molar-refractivity contribution >= 4 is 10.8 Å². The lowest BCUT2D eigenvalue weighted by atomic mass is 9.97. The molecule has 142 valence electrons. The van der Waals surface area contributed by atoms with Crippen molar-refractivity contribution in [3.05, 3.63) is 76.2 Å². The molecule has 0 saturated carbocycles. The van der Waals surface area contributed by atoms with Crippen molar-refractivity contribution in [1.82, 2.24) is 0 Å². The zero-order valence-corrected chi connectivity index (χ0v) is 16.4. The number of aryl methyl sites for hydroxylation is 1. The van der Waals surface area contributed by atoms with Gasteiger partial charge in [0.15, 0.2) is 5.79 Å². The van der Waals surface area contributed by atoms with Gasteiger partial charge in [0.2, 0.25) is 0 Å². The monoisotopic (exact) mass is 385 g/mol. The minimum atomic E-state index is -1.28. The third-order valence-electron chi connectivity index (χ3n) is 4.45. The molecule has 1 unspecified atom stereocenters. The van der Waals surface area contributed by atoms with Crippen LogP contribution in [-0.2, 0) is 20.3 Å². The zero-order valence-electron chi connectivity index (χ0n) is 15.6. The van der Waals surface area contributed by atoms with E-state index in [0.717, 1.165) is 16.0 Å². The van der Waals surface area contributed by atoms with Gasteiger partial charge in [-0.25, -0.2) is 0 Å². The third kappa shape index (κ3) is 4.76. The quantitative estimate of drug-likeness (QED) is 0.426. The van der Waals surface area contributed by atoms with Crippen LogP contribution in [0.2, 0.25) is 0 Å². The van der Waals surface area contributed by atoms with Gasteiger partial charge in [0.1, 0.15) is 0 Å². The van der Waals surface area contributed by atoms with Crippen molar-refractivity contribution in [3.8, 4) is 0 Å². The van der Waals surface area contributed by atoms with Crippen LogP contribution in [-0.4, -0.2) is 27.9 Å². The van der Waals surface area contributed by atoms with Crippen LogP contribution < -0.4 is 0 Å². The number of hydrogen-bond acceptors (Lipinski definition) is 4. The topological polar surface area (TPSA) is 84.3 Å². The molecule has 0 N–H and O–H groups in total. The van der Waals surface area contributed by atoms with E-state index in [4.69, 9.17) is 15.0 Å². The maximum atomic E-state index is 12.9. The van der Waals surface area contributed by atoms with Crippen LogP contribution in [0.15, 0.2) is 64.6 Å². The second kappa shape index (κ2) is 8.23. The molecule has 3 rings (SSSR count). The Bertz CT molecular complexity index is 849. The Morgan fingerprint density at radius 3 is 2.41 bits per heavy atom. The van der Waals surface area contributed by atoms with Crippen LogP contribution in [0.4, 0.5) is 0 Å². The van der Waals surface area contributed by atoms with E-state index in [1.165, 1.54) is 0 Å². The average molecular weight is 385 g/mol. The molecule has 0 aliphatic carbocycles. The summed E-state index contributed by atoms with van der Waals surface area (Å²) >= 11 is 0. The summed E-state index contributed by atoms with van der Waals surface area (Å²) in [5.74, 6) is -0.660. The predicted octanol–water partition coefficient (Wildman–Crippen LogP) is 4.67. The SMILES string of the molecule is Cc1ccc(S(=O)C[C@@H]2OC(C)(C)O[C@H](c3ccccc3)[C@@H]2N=[N+]=[N-])cc1. The molecule has 2 aromatic rings. The highest BCUT2D eigenvalue weighted by molar-refractivity contribution is 7.85. The lowest BCUT2D eigenvalue weighted by Crippen LogP contribution is -2.51. The Kier molecular flexibility index (Phi) is 5.97. The summed E-state index contributed by atoms with van der Waals surface area (Å²) in [5.41, 5.74) is 11.1. The molecule has 4 atom stereocenters. The van der Waals surface area contributed by atoms with E-state index in [1.54, 1.807) is 0 Å². The first-order chi connectivity index (χ1) is 12.9. The van der Waals surface area contributed by atoms with E-state index >= 15 is 0 Å². The van der Waals surface area contributed by atoms with Gasteiger partial charge < -0.3 is 9.47 Å². The lowest BCUT2D eigenvalue weighted by Gasteiger charge is -2.44. The second-order valence-electron chi connectivity index (χ2n) is 7.03. The number of nitrogens with zero attached hydrogens (tertiary/aromatic N) is 3. The molecule has 6 nitrogen and oxygen atoms in total. The summed E-state index contributed by atoms with van der Waals surface area (Å²) < 4.78 is 25.0. The summed E-state index contributed by atoms with van der Waals surface area (Å²) in [4.78, 5) is 3.72. The summed E-state index contributed by atoms with van der Waals surface area (Å²) in [6, 6.07) is 16.6. The van der Waals surface area contributed by atoms with E-state index < -0.39 is 34.8 Å². The first-order valence-electron chi connectivity index (χ1n) is 8.79. The molecule has 0 bridgehead atoms. The van der Waals surface area contributed by atoms with Crippen molar-refractivity contribution in [2.24, 2.45) is 5.11 Å². The van der Waals surface area contributed by atoms with E-state index in [1.807, 2.05) is 75.4 Å². The number of rotatable bonds is 5. The molecule has 0 spiro atoms. The fraction of sp³-hybridized carbons (Fsp3) is 0.400. The van der Waals surface area contributed by atoms with Gasteiger partial charge in [0, 0.05) is 9.81 Å². The van der Waals surface area contributed by atoms with Crippen LogP contribution in [0.1, 0.15) is 31.1 Å². The number of ether oxygens (including phenoxy) is 2. The molecule has 0 aromatic heterocycles. The van der Waals surface area contributed by atoms with Gasteiger partial charge in [-0.15, -0.1) is 0 Å².